The Hall–Kier alpha value is -2.60. The molecule has 3 aromatic rings. The molecule has 7 heteroatoms. The lowest BCUT2D eigenvalue weighted by atomic mass is 10.3. The number of aromatic nitrogens is 2. The molecule has 112 valence electrons. The molecule has 3 rings (SSSR count). The van der Waals surface area contributed by atoms with Crippen LogP contribution in [0, 0.1) is 5.82 Å². The van der Waals surface area contributed by atoms with Crippen LogP contribution >= 0.6 is 11.6 Å². The molecule has 5 nitrogen and oxygen atoms in total. The summed E-state index contributed by atoms with van der Waals surface area (Å²) in [6, 6.07) is 9.01. The van der Waals surface area contributed by atoms with Gasteiger partial charge >= 0.3 is 0 Å². The van der Waals surface area contributed by atoms with E-state index < -0.39 is 11.7 Å². The zero-order valence-corrected chi connectivity index (χ0v) is 12.0. The number of halogens is 2. The minimum atomic E-state index is -0.542. The first-order chi connectivity index (χ1) is 10.6. The van der Waals surface area contributed by atoms with E-state index in [1.807, 2.05) is 0 Å². The van der Waals surface area contributed by atoms with Crippen LogP contribution in [0.1, 0.15) is 16.3 Å². The predicted molar refractivity (Wildman–Crippen MR) is 79.4 cm³/mol. The number of nitrogens with zero attached hydrogens (tertiary/aromatic N) is 2. The topological polar surface area (TPSA) is 60.1 Å². The lowest BCUT2D eigenvalue weighted by molar-refractivity contribution is 0.0994. The molecule has 1 aromatic carbocycles. The number of rotatable bonds is 4. The SMILES string of the molecule is O=C(Nc1ccc(F)c(Cl)c1)c1ccc(Cn2cccn2)o1. The zero-order chi connectivity index (χ0) is 15.5. The maximum Gasteiger partial charge on any atom is 0.291 e. The van der Waals surface area contributed by atoms with E-state index in [0.717, 1.165) is 0 Å². The molecule has 0 aliphatic heterocycles. The van der Waals surface area contributed by atoms with Crippen molar-refractivity contribution in [3.63, 3.8) is 0 Å². The molecule has 0 aliphatic carbocycles. The maximum atomic E-state index is 13.1. The van der Waals surface area contributed by atoms with E-state index in [2.05, 4.69) is 10.4 Å². The Balaban J connectivity index is 1.69. The number of amides is 1. The van der Waals surface area contributed by atoms with Crippen molar-refractivity contribution in [2.45, 2.75) is 6.54 Å². The Labute approximate surface area is 130 Å². The van der Waals surface area contributed by atoms with E-state index in [1.54, 1.807) is 35.3 Å². The summed E-state index contributed by atoms with van der Waals surface area (Å²) in [5, 5.41) is 6.59. The number of hydrogen-bond acceptors (Lipinski definition) is 3. The molecule has 0 radical (unpaired) electrons. The molecule has 0 spiro atoms. The van der Waals surface area contributed by atoms with Gasteiger partial charge in [0.1, 0.15) is 11.6 Å². The fourth-order valence-electron chi connectivity index (χ4n) is 1.91. The van der Waals surface area contributed by atoms with Gasteiger partial charge in [-0.3, -0.25) is 9.48 Å². The van der Waals surface area contributed by atoms with Crippen LogP contribution in [0.4, 0.5) is 10.1 Å². The molecule has 0 bridgehead atoms. The van der Waals surface area contributed by atoms with E-state index in [-0.39, 0.29) is 10.8 Å². The van der Waals surface area contributed by atoms with Crippen molar-refractivity contribution >= 4 is 23.2 Å². The summed E-state index contributed by atoms with van der Waals surface area (Å²) >= 11 is 5.67. The molecule has 0 fully saturated rings. The van der Waals surface area contributed by atoms with Gasteiger partial charge in [0.2, 0.25) is 0 Å². The Morgan fingerprint density at radius 1 is 1.36 bits per heavy atom. The fourth-order valence-corrected chi connectivity index (χ4v) is 2.09. The van der Waals surface area contributed by atoms with Crippen molar-refractivity contribution in [2.75, 3.05) is 5.32 Å². The highest BCUT2D eigenvalue weighted by Gasteiger charge is 2.12. The van der Waals surface area contributed by atoms with Gasteiger partial charge in [-0.15, -0.1) is 0 Å². The minimum absolute atomic E-state index is 0.0587. The second kappa shape index (κ2) is 6.03. The van der Waals surface area contributed by atoms with Crippen LogP contribution in [0.2, 0.25) is 5.02 Å². The number of nitrogens with one attached hydrogen (secondary N) is 1. The quantitative estimate of drug-likeness (QED) is 0.799. The van der Waals surface area contributed by atoms with Gasteiger partial charge in [0.15, 0.2) is 5.76 Å². The largest absolute Gasteiger partial charge is 0.454 e. The lowest BCUT2D eigenvalue weighted by Gasteiger charge is -2.04. The first-order valence-electron chi connectivity index (χ1n) is 6.44. The van der Waals surface area contributed by atoms with Crippen LogP contribution in [0.3, 0.4) is 0 Å². The number of hydrogen-bond donors (Lipinski definition) is 1. The molecule has 2 aromatic heterocycles. The van der Waals surface area contributed by atoms with Gasteiger partial charge in [0, 0.05) is 18.1 Å². The summed E-state index contributed by atoms with van der Waals surface area (Å²) in [6.45, 7) is 0.433. The number of anilines is 1. The van der Waals surface area contributed by atoms with Crippen LogP contribution in [0.5, 0.6) is 0 Å². The first kappa shape index (κ1) is 14.3. The third-order valence-electron chi connectivity index (χ3n) is 2.94. The average Bonchev–Trinajstić information content (AvgIpc) is 3.15. The standard InChI is InChI=1S/C15H11ClFN3O2/c16-12-8-10(2-4-13(12)17)19-15(21)14-5-3-11(22-14)9-20-7-1-6-18-20/h1-8H,9H2,(H,19,21). The third kappa shape index (κ3) is 3.17. The molecular weight excluding hydrogens is 309 g/mol. The number of benzene rings is 1. The van der Waals surface area contributed by atoms with Crippen LogP contribution in [-0.2, 0) is 6.54 Å². The zero-order valence-electron chi connectivity index (χ0n) is 11.3. The summed E-state index contributed by atoms with van der Waals surface area (Å²) in [4.78, 5) is 12.1. The summed E-state index contributed by atoms with van der Waals surface area (Å²) in [5.41, 5.74) is 0.390. The van der Waals surface area contributed by atoms with Crippen molar-refractivity contribution in [2.24, 2.45) is 0 Å². The fraction of sp³-hybridized carbons (Fsp3) is 0.0667. The van der Waals surface area contributed by atoms with Gasteiger partial charge in [-0.1, -0.05) is 11.6 Å². The van der Waals surface area contributed by atoms with Crippen LogP contribution in [0.15, 0.2) is 53.2 Å². The van der Waals surface area contributed by atoms with Crippen LogP contribution in [-0.4, -0.2) is 15.7 Å². The molecular formula is C15H11ClFN3O2. The van der Waals surface area contributed by atoms with Gasteiger partial charge in [-0.2, -0.15) is 5.10 Å². The average molecular weight is 320 g/mol. The molecule has 0 aliphatic rings. The minimum Gasteiger partial charge on any atom is -0.454 e. The molecule has 0 saturated heterocycles. The predicted octanol–water partition coefficient (Wildman–Crippen LogP) is 3.57. The summed E-state index contributed by atoms with van der Waals surface area (Å²) < 4.78 is 20.2. The first-order valence-corrected chi connectivity index (χ1v) is 6.82. The third-order valence-corrected chi connectivity index (χ3v) is 3.23. The van der Waals surface area contributed by atoms with Gasteiger partial charge < -0.3 is 9.73 Å². The molecule has 1 N–H and O–H groups in total. The van der Waals surface area contributed by atoms with Crippen molar-refractivity contribution in [3.8, 4) is 0 Å². The molecule has 1 amide bonds. The summed E-state index contributed by atoms with van der Waals surface area (Å²) in [7, 11) is 0. The number of carbonyl (C=O) groups excluding carboxylic acids is 1. The maximum absolute atomic E-state index is 13.1. The second-order valence-electron chi connectivity index (χ2n) is 4.55. The number of furan rings is 1. The van der Waals surface area contributed by atoms with Crippen molar-refractivity contribution < 1.29 is 13.6 Å². The number of carbonyl (C=O) groups is 1. The lowest BCUT2D eigenvalue weighted by Crippen LogP contribution is -2.11. The van der Waals surface area contributed by atoms with E-state index in [0.29, 0.717) is 18.0 Å². The molecule has 0 atom stereocenters. The summed E-state index contributed by atoms with van der Waals surface area (Å²) in [5.74, 6) is -0.220. The Kier molecular flexibility index (Phi) is 3.93. The molecule has 0 unspecified atom stereocenters. The Morgan fingerprint density at radius 3 is 2.95 bits per heavy atom. The van der Waals surface area contributed by atoms with E-state index >= 15 is 0 Å². The highest BCUT2D eigenvalue weighted by molar-refractivity contribution is 6.31. The van der Waals surface area contributed by atoms with E-state index in [4.69, 9.17) is 16.0 Å². The van der Waals surface area contributed by atoms with E-state index in [1.165, 1.54) is 18.2 Å². The van der Waals surface area contributed by atoms with Gasteiger partial charge in [-0.25, -0.2) is 4.39 Å². The Bertz CT molecular complexity index is 799. The van der Waals surface area contributed by atoms with Crippen molar-refractivity contribution in [1.29, 1.82) is 0 Å². The highest BCUT2D eigenvalue weighted by atomic mass is 35.5. The van der Waals surface area contributed by atoms with Crippen molar-refractivity contribution in [1.82, 2.24) is 9.78 Å². The molecule has 0 saturated carbocycles. The van der Waals surface area contributed by atoms with Gasteiger partial charge in [-0.05, 0) is 36.4 Å². The summed E-state index contributed by atoms with van der Waals surface area (Å²) in [6.07, 6.45) is 3.46. The van der Waals surface area contributed by atoms with Gasteiger partial charge in [0.05, 0.1) is 11.6 Å². The smallest absolute Gasteiger partial charge is 0.291 e. The van der Waals surface area contributed by atoms with Gasteiger partial charge in [0.25, 0.3) is 5.91 Å². The molecule has 2 heterocycles. The molecule has 22 heavy (non-hydrogen) atoms. The normalized spacial score (nSPS) is 10.6. The highest BCUT2D eigenvalue weighted by Crippen LogP contribution is 2.20. The Morgan fingerprint density at radius 2 is 2.23 bits per heavy atom. The van der Waals surface area contributed by atoms with Crippen molar-refractivity contribution in [3.05, 3.63) is 71.2 Å². The van der Waals surface area contributed by atoms with Crippen LogP contribution in [0.25, 0.3) is 0 Å². The van der Waals surface area contributed by atoms with E-state index in [9.17, 15) is 9.18 Å². The second-order valence-corrected chi connectivity index (χ2v) is 4.96. The monoisotopic (exact) mass is 319 g/mol. The van der Waals surface area contributed by atoms with Crippen LogP contribution < -0.4 is 5.32 Å².